The van der Waals surface area contributed by atoms with E-state index in [4.69, 9.17) is 4.74 Å². The first kappa shape index (κ1) is 17.3. The molecule has 6 heteroatoms. The second-order valence-electron chi connectivity index (χ2n) is 5.07. The van der Waals surface area contributed by atoms with Gasteiger partial charge >= 0.3 is 0 Å². The number of anilines is 1. The van der Waals surface area contributed by atoms with Gasteiger partial charge in [0.25, 0.3) is 6.47 Å². The molecule has 0 amide bonds. The van der Waals surface area contributed by atoms with Crippen LogP contribution in [0.5, 0.6) is 17.2 Å². The molecule has 2 N–H and O–H groups in total. The number of phenols is 2. The SMILES string of the molecule is CCN(CC)c1cc(O)cc(OC=O)c1C(=O)c1ccccc1O. The van der Waals surface area contributed by atoms with Crippen LogP contribution in [0.1, 0.15) is 29.8 Å². The number of ether oxygens (including phenoxy) is 1. The largest absolute Gasteiger partial charge is 0.508 e. The molecule has 0 aliphatic heterocycles. The van der Waals surface area contributed by atoms with Crippen molar-refractivity contribution in [2.24, 2.45) is 0 Å². The molecule has 0 radical (unpaired) electrons. The molecule has 0 heterocycles. The monoisotopic (exact) mass is 329 g/mol. The van der Waals surface area contributed by atoms with Crippen molar-refractivity contribution in [3.05, 3.63) is 47.5 Å². The van der Waals surface area contributed by atoms with Crippen LogP contribution in [0, 0.1) is 0 Å². The standard InChI is InChI=1S/C18H19NO5/c1-3-19(4-2)14-9-12(21)10-16(24-11-20)17(14)18(23)13-7-5-6-8-15(13)22/h5-11,21-22H,3-4H2,1-2H3. The molecule has 0 aliphatic rings. The molecular formula is C18H19NO5. The fourth-order valence-electron chi connectivity index (χ4n) is 2.57. The van der Waals surface area contributed by atoms with Gasteiger partial charge in [-0.3, -0.25) is 9.59 Å². The Bertz CT molecular complexity index is 753. The minimum atomic E-state index is -0.494. The zero-order chi connectivity index (χ0) is 17.7. The van der Waals surface area contributed by atoms with E-state index in [-0.39, 0.29) is 34.8 Å². The summed E-state index contributed by atoms with van der Waals surface area (Å²) in [6.45, 7) is 5.18. The number of para-hydroxylation sites is 1. The van der Waals surface area contributed by atoms with Gasteiger partial charge in [-0.05, 0) is 26.0 Å². The van der Waals surface area contributed by atoms with Crippen molar-refractivity contribution in [3.63, 3.8) is 0 Å². The number of nitrogens with zero attached hydrogens (tertiary/aromatic N) is 1. The molecule has 0 saturated carbocycles. The highest BCUT2D eigenvalue weighted by atomic mass is 16.5. The molecule has 0 aromatic heterocycles. The highest BCUT2D eigenvalue weighted by Gasteiger charge is 2.25. The van der Waals surface area contributed by atoms with Crippen LogP contribution in [-0.2, 0) is 4.79 Å². The molecule has 24 heavy (non-hydrogen) atoms. The van der Waals surface area contributed by atoms with E-state index in [2.05, 4.69) is 0 Å². The Morgan fingerprint density at radius 1 is 1.17 bits per heavy atom. The maximum absolute atomic E-state index is 13.0. The number of rotatable bonds is 7. The average molecular weight is 329 g/mol. The van der Waals surface area contributed by atoms with E-state index in [9.17, 15) is 19.8 Å². The van der Waals surface area contributed by atoms with Gasteiger partial charge in [-0.15, -0.1) is 0 Å². The van der Waals surface area contributed by atoms with Crippen molar-refractivity contribution in [1.82, 2.24) is 0 Å². The quantitative estimate of drug-likeness (QED) is 0.600. The maximum atomic E-state index is 13.0. The Hall–Kier alpha value is -3.02. The number of hydrogen-bond donors (Lipinski definition) is 2. The summed E-state index contributed by atoms with van der Waals surface area (Å²) in [4.78, 5) is 25.6. The normalized spacial score (nSPS) is 10.2. The van der Waals surface area contributed by atoms with Gasteiger partial charge in [-0.1, -0.05) is 12.1 Å². The van der Waals surface area contributed by atoms with E-state index in [0.717, 1.165) is 0 Å². The lowest BCUT2D eigenvalue weighted by molar-refractivity contribution is -0.120. The van der Waals surface area contributed by atoms with Crippen LogP contribution >= 0.6 is 0 Å². The second kappa shape index (κ2) is 7.50. The minimum absolute atomic E-state index is 0.0554. The van der Waals surface area contributed by atoms with Crippen molar-refractivity contribution in [1.29, 1.82) is 0 Å². The summed E-state index contributed by atoms with van der Waals surface area (Å²) < 4.78 is 4.91. The molecule has 2 aromatic carbocycles. The lowest BCUT2D eigenvalue weighted by atomic mass is 9.98. The van der Waals surface area contributed by atoms with Gasteiger partial charge < -0.3 is 19.8 Å². The smallest absolute Gasteiger partial charge is 0.298 e. The number of phenolic OH excluding ortho intramolecular Hbond substituents is 2. The van der Waals surface area contributed by atoms with Gasteiger partial charge in [-0.2, -0.15) is 0 Å². The maximum Gasteiger partial charge on any atom is 0.298 e. The van der Waals surface area contributed by atoms with Crippen LogP contribution in [0.25, 0.3) is 0 Å². The van der Waals surface area contributed by atoms with E-state index >= 15 is 0 Å². The van der Waals surface area contributed by atoms with Crippen molar-refractivity contribution in [2.45, 2.75) is 13.8 Å². The Labute approximate surface area is 139 Å². The third kappa shape index (κ3) is 3.32. The van der Waals surface area contributed by atoms with Gasteiger partial charge in [0, 0.05) is 25.2 Å². The highest BCUT2D eigenvalue weighted by molar-refractivity contribution is 6.16. The van der Waals surface area contributed by atoms with Crippen molar-refractivity contribution in [2.75, 3.05) is 18.0 Å². The molecule has 0 saturated heterocycles. The van der Waals surface area contributed by atoms with Crippen molar-refractivity contribution >= 4 is 17.9 Å². The first-order chi connectivity index (χ1) is 11.5. The Balaban J connectivity index is 2.71. The summed E-state index contributed by atoms with van der Waals surface area (Å²) in [7, 11) is 0. The number of ketones is 1. The van der Waals surface area contributed by atoms with Crippen LogP contribution in [0.3, 0.4) is 0 Å². The van der Waals surface area contributed by atoms with Crippen LogP contribution in [0.4, 0.5) is 5.69 Å². The summed E-state index contributed by atoms with van der Waals surface area (Å²) in [6, 6.07) is 8.78. The first-order valence-electron chi connectivity index (χ1n) is 7.58. The van der Waals surface area contributed by atoms with Gasteiger partial charge in [0.05, 0.1) is 16.8 Å². The summed E-state index contributed by atoms with van der Waals surface area (Å²) in [5, 5.41) is 19.9. The predicted molar refractivity (Wildman–Crippen MR) is 89.9 cm³/mol. The summed E-state index contributed by atoms with van der Waals surface area (Å²) in [5.74, 6) is -0.840. The number of hydrogen-bond acceptors (Lipinski definition) is 6. The van der Waals surface area contributed by atoms with Crippen molar-refractivity contribution in [3.8, 4) is 17.2 Å². The van der Waals surface area contributed by atoms with Crippen LogP contribution in [0.2, 0.25) is 0 Å². The fourth-order valence-corrected chi connectivity index (χ4v) is 2.57. The molecule has 2 aromatic rings. The Morgan fingerprint density at radius 2 is 1.83 bits per heavy atom. The zero-order valence-corrected chi connectivity index (χ0v) is 13.5. The molecule has 0 fully saturated rings. The number of carbonyl (C=O) groups is 2. The number of aromatic hydroxyl groups is 2. The zero-order valence-electron chi connectivity index (χ0n) is 13.5. The third-order valence-electron chi connectivity index (χ3n) is 3.72. The molecule has 0 spiro atoms. The molecule has 0 unspecified atom stereocenters. The highest BCUT2D eigenvalue weighted by Crippen LogP contribution is 2.37. The fraction of sp³-hybridized carbons (Fsp3) is 0.222. The minimum Gasteiger partial charge on any atom is -0.508 e. The number of carbonyl (C=O) groups excluding carboxylic acids is 2. The first-order valence-corrected chi connectivity index (χ1v) is 7.58. The average Bonchev–Trinajstić information content (AvgIpc) is 2.56. The van der Waals surface area contributed by atoms with E-state index in [1.807, 2.05) is 18.7 Å². The van der Waals surface area contributed by atoms with E-state index in [0.29, 0.717) is 18.8 Å². The van der Waals surface area contributed by atoms with Crippen LogP contribution in [-0.4, -0.2) is 35.6 Å². The second-order valence-corrected chi connectivity index (χ2v) is 5.07. The summed E-state index contributed by atoms with van der Waals surface area (Å²) in [5.41, 5.74) is 0.641. The molecular weight excluding hydrogens is 310 g/mol. The third-order valence-corrected chi connectivity index (χ3v) is 3.72. The van der Waals surface area contributed by atoms with Gasteiger partial charge in [0.2, 0.25) is 5.78 Å². The molecule has 6 nitrogen and oxygen atoms in total. The van der Waals surface area contributed by atoms with E-state index < -0.39 is 5.78 Å². The molecule has 2 rings (SSSR count). The van der Waals surface area contributed by atoms with Crippen LogP contribution < -0.4 is 9.64 Å². The molecule has 0 atom stereocenters. The van der Waals surface area contributed by atoms with E-state index in [1.54, 1.807) is 12.1 Å². The predicted octanol–water partition coefficient (Wildman–Crippen LogP) is 2.71. The Morgan fingerprint density at radius 3 is 2.42 bits per heavy atom. The van der Waals surface area contributed by atoms with Gasteiger partial charge in [0.1, 0.15) is 17.2 Å². The Kier molecular flexibility index (Phi) is 5.42. The van der Waals surface area contributed by atoms with Crippen molar-refractivity contribution < 1.29 is 24.5 Å². The molecule has 0 bridgehead atoms. The molecule has 0 aliphatic carbocycles. The van der Waals surface area contributed by atoms with Gasteiger partial charge in [-0.25, -0.2) is 0 Å². The number of benzene rings is 2. The lowest BCUT2D eigenvalue weighted by Gasteiger charge is -2.25. The summed E-state index contributed by atoms with van der Waals surface area (Å²) in [6.07, 6.45) is 0. The summed E-state index contributed by atoms with van der Waals surface area (Å²) >= 11 is 0. The van der Waals surface area contributed by atoms with Gasteiger partial charge in [0.15, 0.2) is 0 Å². The lowest BCUT2D eigenvalue weighted by Crippen LogP contribution is -2.24. The molecule has 126 valence electrons. The van der Waals surface area contributed by atoms with E-state index in [1.165, 1.54) is 24.3 Å². The topological polar surface area (TPSA) is 87.1 Å². The van der Waals surface area contributed by atoms with Crippen LogP contribution in [0.15, 0.2) is 36.4 Å².